The molecule has 5 nitrogen and oxygen atoms in total. The van der Waals surface area contributed by atoms with Gasteiger partial charge in [-0.25, -0.2) is 4.79 Å². The maximum absolute atomic E-state index is 11.9. The predicted octanol–water partition coefficient (Wildman–Crippen LogP) is 2.58. The minimum Gasteiger partial charge on any atom is -0.326 e. The molecule has 0 aromatic heterocycles. The second-order valence-electron chi connectivity index (χ2n) is 4.84. The molecule has 1 aromatic carbocycles. The lowest BCUT2D eigenvalue weighted by atomic mass is 10.1. The maximum Gasteiger partial charge on any atom is 0.321 e. The number of nitrogens with one attached hydrogen (secondary N) is 2. The fraction of sp³-hybridized carbons (Fsp3) is 0.429. The number of hydrogen-bond donors (Lipinski definition) is 2. The summed E-state index contributed by atoms with van der Waals surface area (Å²) in [6.07, 6.45) is 2.15. The molecular formula is C14H19N3O2. The van der Waals surface area contributed by atoms with E-state index in [4.69, 9.17) is 0 Å². The van der Waals surface area contributed by atoms with Gasteiger partial charge in [-0.15, -0.1) is 0 Å². The van der Waals surface area contributed by atoms with Gasteiger partial charge in [0.15, 0.2) is 0 Å². The number of carbonyl (C=O) groups is 2. The van der Waals surface area contributed by atoms with E-state index in [-0.39, 0.29) is 11.9 Å². The van der Waals surface area contributed by atoms with Crippen LogP contribution in [0.1, 0.15) is 25.3 Å². The fourth-order valence-electron chi connectivity index (χ4n) is 2.19. The van der Waals surface area contributed by atoms with Crippen LogP contribution in [0.5, 0.6) is 0 Å². The lowest BCUT2D eigenvalue weighted by Crippen LogP contribution is -2.32. The zero-order chi connectivity index (χ0) is 13.8. The smallest absolute Gasteiger partial charge is 0.321 e. The van der Waals surface area contributed by atoms with E-state index in [1.165, 1.54) is 6.92 Å². The Hall–Kier alpha value is -2.04. The van der Waals surface area contributed by atoms with E-state index in [1.54, 1.807) is 12.1 Å². The van der Waals surface area contributed by atoms with Crippen LogP contribution in [0.15, 0.2) is 18.2 Å². The molecule has 0 bridgehead atoms. The molecule has 5 heteroatoms. The lowest BCUT2D eigenvalue weighted by molar-refractivity contribution is -0.114. The van der Waals surface area contributed by atoms with Gasteiger partial charge in [0.2, 0.25) is 5.91 Å². The van der Waals surface area contributed by atoms with Gasteiger partial charge in [0.25, 0.3) is 0 Å². The first kappa shape index (κ1) is 13.4. The van der Waals surface area contributed by atoms with Gasteiger partial charge in [-0.05, 0) is 43.5 Å². The average molecular weight is 261 g/mol. The molecule has 0 atom stereocenters. The Morgan fingerprint density at radius 1 is 1.16 bits per heavy atom. The first-order chi connectivity index (χ1) is 9.06. The second-order valence-corrected chi connectivity index (χ2v) is 4.84. The predicted molar refractivity (Wildman–Crippen MR) is 75.3 cm³/mol. The zero-order valence-electron chi connectivity index (χ0n) is 11.3. The van der Waals surface area contributed by atoms with E-state index in [0.717, 1.165) is 42.9 Å². The molecule has 1 fully saturated rings. The minimum absolute atomic E-state index is 0.0517. The molecule has 2 rings (SSSR count). The SMILES string of the molecule is CC(=O)Nc1ccc(NC(=O)N2CCCC2)cc1C. The van der Waals surface area contributed by atoms with Crippen molar-refractivity contribution in [3.05, 3.63) is 23.8 Å². The fourth-order valence-corrected chi connectivity index (χ4v) is 2.19. The van der Waals surface area contributed by atoms with Crippen molar-refractivity contribution in [2.45, 2.75) is 26.7 Å². The van der Waals surface area contributed by atoms with Gasteiger partial charge in [0.05, 0.1) is 0 Å². The summed E-state index contributed by atoms with van der Waals surface area (Å²) in [4.78, 5) is 24.8. The van der Waals surface area contributed by atoms with E-state index in [2.05, 4.69) is 10.6 Å². The van der Waals surface area contributed by atoms with Gasteiger partial charge >= 0.3 is 6.03 Å². The Bertz CT molecular complexity index is 493. The van der Waals surface area contributed by atoms with Gasteiger partial charge in [-0.3, -0.25) is 4.79 Å². The van der Waals surface area contributed by atoms with Crippen LogP contribution in [-0.4, -0.2) is 29.9 Å². The summed E-state index contributed by atoms with van der Waals surface area (Å²) < 4.78 is 0. The largest absolute Gasteiger partial charge is 0.326 e. The van der Waals surface area contributed by atoms with Gasteiger partial charge in [0.1, 0.15) is 0 Å². The number of nitrogens with zero attached hydrogens (tertiary/aromatic N) is 1. The number of hydrogen-bond acceptors (Lipinski definition) is 2. The van der Waals surface area contributed by atoms with Crippen molar-refractivity contribution in [3.8, 4) is 0 Å². The third kappa shape index (κ3) is 3.47. The Kier molecular flexibility index (Phi) is 4.04. The summed E-state index contributed by atoms with van der Waals surface area (Å²) in [6, 6.07) is 5.41. The van der Waals surface area contributed by atoms with E-state index in [1.807, 2.05) is 17.9 Å². The van der Waals surface area contributed by atoms with Crippen LogP contribution in [0.25, 0.3) is 0 Å². The summed E-state index contributed by atoms with van der Waals surface area (Å²) in [6.45, 7) is 5.03. The molecule has 1 aromatic rings. The summed E-state index contributed by atoms with van der Waals surface area (Å²) in [7, 11) is 0. The molecule has 1 aliphatic heterocycles. The topological polar surface area (TPSA) is 61.4 Å². The van der Waals surface area contributed by atoms with Crippen LogP contribution < -0.4 is 10.6 Å². The number of amides is 3. The maximum atomic E-state index is 11.9. The molecule has 0 radical (unpaired) electrons. The van der Waals surface area contributed by atoms with E-state index in [0.29, 0.717) is 0 Å². The first-order valence-corrected chi connectivity index (χ1v) is 6.50. The van der Waals surface area contributed by atoms with Crippen LogP contribution in [0, 0.1) is 6.92 Å². The first-order valence-electron chi connectivity index (χ1n) is 6.50. The van der Waals surface area contributed by atoms with Crippen molar-refractivity contribution < 1.29 is 9.59 Å². The molecule has 102 valence electrons. The monoisotopic (exact) mass is 261 g/mol. The zero-order valence-corrected chi connectivity index (χ0v) is 11.3. The molecule has 0 saturated carbocycles. The number of carbonyl (C=O) groups excluding carboxylic acids is 2. The van der Waals surface area contributed by atoms with Crippen molar-refractivity contribution >= 4 is 23.3 Å². The van der Waals surface area contributed by atoms with Gasteiger partial charge in [-0.1, -0.05) is 0 Å². The third-order valence-corrected chi connectivity index (χ3v) is 3.18. The molecule has 2 N–H and O–H groups in total. The van der Waals surface area contributed by atoms with Crippen molar-refractivity contribution in [3.63, 3.8) is 0 Å². The van der Waals surface area contributed by atoms with Crippen LogP contribution in [0.4, 0.5) is 16.2 Å². The highest BCUT2D eigenvalue weighted by molar-refractivity contribution is 5.92. The number of benzene rings is 1. The standard InChI is InChI=1S/C14H19N3O2/c1-10-9-12(5-6-13(10)15-11(2)18)16-14(19)17-7-3-4-8-17/h5-6,9H,3-4,7-8H2,1-2H3,(H,15,18)(H,16,19). The molecule has 0 unspecified atom stereocenters. The highest BCUT2D eigenvalue weighted by atomic mass is 16.2. The average Bonchev–Trinajstić information content (AvgIpc) is 2.86. The van der Waals surface area contributed by atoms with Crippen molar-refractivity contribution in [1.82, 2.24) is 4.90 Å². The van der Waals surface area contributed by atoms with Crippen LogP contribution in [0.2, 0.25) is 0 Å². The molecular weight excluding hydrogens is 242 g/mol. The number of urea groups is 1. The highest BCUT2D eigenvalue weighted by Crippen LogP contribution is 2.20. The summed E-state index contributed by atoms with van der Waals surface area (Å²) in [5, 5.41) is 5.63. The highest BCUT2D eigenvalue weighted by Gasteiger charge is 2.17. The van der Waals surface area contributed by atoms with Gasteiger partial charge in [0, 0.05) is 31.4 Å². The minimum atomic E-state index is -0.100. The lowest BCUT2D eigenvalue weighted by Gasteiger charge is -2.17. The van der Waals surface area contributed by atoms with Crippen molar-refractivity contribution in [1.29, 1.82) is 0 Å². The van der Waals surface area contributed by atoms with Gasteiger partial charge in [-0.2, -0.15) is 0 Å². The number of likely N-dealkylation sites (tertiary alicyclic amines) is 1. The Morgan fingerprint density at radius 2 is 1.84 bits per heavy atom. The van der Waals surface area contributed by atoms with Crippen LogP contribution in [0.3, 0.4) is 0 Å². The van der Waals surface area contributed by atoms with E-state index < -0.39 is 0 Å². The number of rotatable bonds is 2. The van der Waals surface area contributed by atoms with Crippen LogP contribution in [-0.2, 0) is 4.79 Å². The number of anilines is 2. The summed E-state index contributed by atoms with van der Waals surface area (Å²) >= 11 is 0. The molecule has 1 saturated heterocycles. The van der Waals surface area contributed by atoms with Crippen LogP contribution >= 0.6 is 0 Å². The van der Waals surface area contributed by atoms with Crippen molar-refractivity contribution in [2.75, 3.05) is 23.7 Å². The third-order valence-electron chi connectivity index (χ3n) is 3.18. The molecule has 0 aliphatic carbocycles. The molecule has 0 spiro atoms. The summed E-state index contributed by atoms with van der Waals surface area (Å²) in [5.41, 5.74) is 2.45. The second kappa shape index (κ2) is 5.73. The normalized spacial score (nSPS) is 14.3. The molecule has 1 heterocycles. The van der Waals surface area contributed by atoms with Gasteiger partial charge < -0.3 is 15.5 Å². The van der Waals surface area contributed by atoms with E-state index >= 15 is 0 Å². The quantitative estimate of drug-likeness (QED) is 0.859. The number of aryl methyl sites for hydroxylation is 1. The molecule has 1 aliphatic rings. The summed E-state index contributed by atoms with van der Waals surface area (Å²) in [5.74, 6) is -0.100. The Labute approximate surface area is 113 Å². The Morgan fingerprint density at radius 3 is 2.42 bits per heavy atom. The van der Waals surface area contributed by atoms with E-state index in [9.17, 15) is 9.59 Å². The molecule has 19 heavy (non-hydrogen) atoms. The molecule has 3 amide bonds. The van der Waals surface area contributed by atoms with Crippen molar-refractivity contribution in [2.24, 2.45) is 0 Å². The Balaban J connectivity index is 2.03.